The van der Waals surface area contributed by atoms with E-state index >= 15 is 0 Å². The van der Waals surface area contributed by atoms with E-state index in [1.54, 1.807) is 0 Å². The van der Waals surface area contributed by atoms with Crippen LogP contribution < -0.4 is 5.32 Å². The number of rotatable bonds is 6. The lowest BCUT2D eigenvalue weighted by atomic mass is 10.1. The van der Waals surface area contributed by atoms with Crippen LogP contribution in [0.1, 0.15) is 47.6 Å². The summed E-state index contributed by atoms with van der Waals surface area (Å²) in [4.78, 5) is 12.5. The predicted octanol–water partition coefficient (Wildman–Crippen LogP) is 3.97. The number of Topliss-reactive ketones (excluding diaryl/α,β-unsaturated/α-hetero) is 1. The number of benzene rings is 1. The summed E-state index contributed by atoms with van der Waals surface area (Å²) >= 11 is 0. The third-order valence-electron chi connectivity index (χ3n) is 4.25. The Bertz CT molecular complexity index is 653. The van der Waals surface area contributed by atoms with Gasteiger partial charge in [0.05, 0.1) is 6.54 Å². The second kappa shape index (κ2) is 6.93. The maximum atomic E-state index is 12.5. The van der Waals surface area contributed by atoms with Crippen LogP contribution in [-0.2, 0) is 0 Å². The van der Waals surface area contributed by atoms with E-state index in [0.717, 1.165) is 29.1 Å². The van der Waals surface area contributed by atoms with Gasteiger partial charge in [-0.3, -0.25) is 4.79 Å². The maximum absolute atomic E-state index is 12.5. The van der Waals surface area contributed by atoms with E-state index < -0.39 is 0 Å². The summed E-state index contributed by atoms with van der Waals surface area (Å²) in [6.07, 6.45) is 1.02. The molecule has 0 aliphatic rings. The average Bonchev–Trinajstić information content (AvgIpc) is 2.80. The van der Waals surface area contributed by atoms with Crippen LogP contribution in [0.3, 0.4) is 0 Å². The van der Waals surface area contributed by atoms with Gasteiger partial charge in [-0.05, 0) is 52.3 Å². The van der Waals surface area contributed by atoms with Crippen molar-refractivity contribution >= 4 is 5.78 Å². The van der Waals surface area contributed by atoms with E-state index in [-0.39, 0.29) is 5.78 Å². The first-order valence-corrected chi connectivity index (χ1v) is 7.96. The van der Waals surface area contributed by atoms with Crippen molar-refractivity contribution in [2.24, 2.45) is 0 Å². The van der Waals surface area contributed by atoms with Gasteiger partial charge in [-0.15, -0.1) is 0 Å². The zero-order valence-electron chi connectivity index (χ0n) is 14.2. The molecule has 0 radical (unpaired) electrons. The highest BCUT2D eigenvalue weighted by atomic mass is 16.1. The zero-order valence-corrected chi connectivity index (χ0v) is 14.2. The molecule has 0 spiro atoms. The standard InChI is InChI=1S/C19H26N2O/c1-6-14(3)20-12-19(22)18-11-15(4)21(16(18)5)17-9-7-13(2)8-10-17/h7-11,14,20H,6,12H2,1-5H3. The number of nitrogens with one attached hydrogen (secondary N) is 1. The van der Waals surface area contributed by atoms with E-state index in [1.165, 1.54) is 5.56 Å². The average molecular weight is 298 g/mol. The lowest BCUT2D eigenvalue weighted by Gasteiger charge is -2.12. The molecule has 0 fully saturated rings. The van der Waals surface area contributed by atoms with Crippen LogP contribution in [0.15, 0.2) is 30.3 Å². The van der Waals surface area contributed by atoms with Crippen molar-refractivity contribution in [1.82, 2.24) is 9.88 Å². The van der Waals surface area contributed by atoms with Gasteiger partial charge in [0.2, 0.25) is 0 Å². The minimum absolute atomic E-state index is 0.159. The summed E-state index contributed by atoms with van der Waals surface area (Å²) < 4.78 is 2.15. The fourth-order valence-electron chi connectivity index (χ4n) is 2.64. The molecule has 3 nitrogen and oxygen atoms in total. The van der Waals surface area contributed by atoms with Crippen molar-refractivity contribution in [2.75, 3.05) is 6.54 Å². The molecule has 0 aliphatic carbocycles. The Kier molecular flexibility index (Phi) is 5.19. The molecule has 3 heteroatoms. The van der Waals surface area contributed by atoms with Gasteiger partial charge in [0, 0.05) is 28.7 Å². The lowest BCUT2D eigenvalue weighted by molar-refractivity contribution is 0.0987. The Morgan fingerprint density at radius 3 is 2.41 bits per heavy atom. The van der Waals surface area contributed by atoms with E-state index in [2.05, 4.69) is 54.9 Å². The Morgan fingerprint density at radius 2 is 1.82 bits per heavy atom. The summed E-state index contributed by atoms with van der Waals surface area (Å²) in [5.74, 6) is 0.159. The highest BCUT2D eigenvalue weighted by Crippen LogP contribution is 2.21. The number of carbonyl (C=O) groups is 1. The monoisotopic (exact) mass is 298 g/mol. The highest BCUT2D eigenvalue weighted by molar-refractivity contribution is 5.99. The van der Waals surface area contributed by atoms with Crippen molar-refractivity contribution in [2.45, 2.75) is 47.1 Å². The van der Waals surface area contributed by atoms with Crippen molar-refractivity contribution in [3.63, 3.8) is 0 Å². The topological polar surface area (TPSA) is 34.0 Å². The zero-order chi connectivity index (χ0) is 16.3. The number of ketones is 1. The van der Waals surface area contributed by atoms with Crippen LogP contribution in [0.2, 0.25) is 0 Å². The van der Waals surface area contributed by atoms with Crippen molar-refractivity contribution in [3.05, 3.63) is 52.8 Å². The molecule has 1 aromatic heterocycles. The van der Waals surface area contributed by atoms with Gasteiger partial charge in [0.1, 0.15) is 0 Å². The first kappa shape index (κ1) is 16.5. The number of aromatic nitrogens is 1. The molecule has 1 atom stereocenters. The van der Waals surface area contributed by atoms with Gasteiger partial charge in [-0.1, -0.05) is 24.6 Å². The molecule has 0 aliphatic heterocycles. The summed E-state index contributed by atoms with van der Waals surface area (Å²) in [5.41, 5.74) is 5.26. The fourth-order valence-corrected chi connectivity index (χ4v) is 2.64. The second-order valence-corrected chi connectivity index (χ2v) is 6.07. The first-order valence-electron chi connectivity index (χ1n) is 7.96. The Hall–Kier alpha value is -1.87. The first-order chi connectivity index (χ1) is 10.4. The molecule has 1 unspecified atom stereocenters. The van der Waals surface area contributed by atoms with E-state index in [1.807, 2.05) is 19.9 Å². The van der Waals surface area contributed by atoms with E-state index in [9.17, 15) is 4.79 Å². The minimum Gasteiger partial charge on any atom is -0.318 e. The maximum Gasteiger partial charge on any atom is 0.178 e. The molecule has 1 aromatic carbocycles. The van der Waals surface area contributed by atoms with Gasteiger partial charge in [-0.2, -0.15) is 0 Å². The van der Waals surface area contributed by atoms with Gasteiger partial charge in [-0.25, -0.2) is 0 Å². The van der Waals surface area contributed by atoms with Gasteiger partial charge in [0.15, 0.2) is 5.78 Å². The third-order valence-corrected chi connectivity index (χ3v) is 4.25. The fraction of sp³-hybridized carbons (Fsp3) is 0.421. The number of nitrogens with zero attached hydrogens (tertiary/aromatic N) is 1. The molecular weight excluding hydrogens is 272 g/mol. The van der Waals surface area contributed by atoms with E-state index in [0.29, 0.717) is 12.6 Å². The molecule has 118 valence electrons. The van der Waals surface area contributed by atoms with Crippen LogP contribution in [0.4, 0.5) is 0 Å². The second-order valence-electron chi connectivity index (χ2n) is 6.07. The largest absolute Gasteiger partial charge is 0.318 e. The molecule has 0 saturated heterocycles. The number of carbonyl (C=O) groups excluding carboxylic acids is 1. The van der Waals surface area contributed by atoms with Crippen molar-refractivity contribution in [1.29, 1.82) is 0 Å². The molecule has 1 heterocycles. The molecule has 1 N–H and O–H groups in total. The molecule has 2 rings (SSSR count). The van der Waals surface area contributed by atoms with Crippen molar-refractivity contribution in [3.8, 4) is 5.69 Å². The normalized spacial score (nSPS) is 12.4. The van der Waals surface area contributed by atoms with Crippen molar-refractivity contribution < 1.29 is 4.79 Å². The summed E-state index contributed by atoms with van der Waals surface area (Å²) in [7, 11) is 0. The predicted molar refractivity (Wildman–Crippen MR) is 92.1 cm³/mol. The van der Waals surface area contributed by atoms with Crippen LogP contribution in [0.5, 0.6) is 0 Å². The molecule has 22 heavy (non-hydrogen) atoms. The summed E-state index contributed by atoms with van der Waals surface area (Å²) in [6.45, 7) is 10.8. The number of hydrogen-bond donors (Lipinski definition) is 1. The quantitative estimate of drug-likeness (QED) is 0.819. The van der Waals surface area contributed by atoms with E-state index in [4.69, 9.17) is 0 Å². The van der Waals surface area contributed by atoms with Crippen LogP contribution >= 0.6 is 0 Å². The highest BCUT2D eigenvalue weighted by Gasteiger charge is 2.16. The lowest BCUT2D eigenvalue weighted by Crippen LogP contribution is -2.31. The minimum atomic E-state index is 0.159. The van der Waals surface area contributed by atoms with Crippen LogP contribution in [0, 0.1) is 20.8 Å². The van der Waals surface area contributed by atoms with Crippen LogP contribution in [-0.4, -0.2) is 22.9 Å². The number of aryl methyl sites for hydroxylation is 2. The number of hydrogen-bond acceptors (Lipinski definition) is 2. The van der Waals surface area contributed by atoms with Crippen LogP contribution in [0.25, 0.3) is 5.69 Å². The Balaban J connectivity index is 2.27. The Labute approximate surface area is 133 Å². The Morgan fingerprint density at radius 1 is 1.18 bits per heavy atom. The van der Waals surface area contributed by atoms with Gasteiger partial charge < -0.3 is 9.88 Å². The molecule has 0 bridgehead atoms. The smallest absolute Gasteiger partial charge is 0.178 e. The third kappa shape index (κ3) is 3.47. The van der Waals surface area contributed by atoms with Gasteiger partial charge >= 0.3 is 0 Å². The SMILES string of the molecule is CCC(C)NCC(=O)c1cc(C)n(-c2ccc(C)cc2)c1C. The molecule has 0 saturated carbocycles. The summed E-state index contributed by atoms with van der Waals surface area (Å²) in [6, 6.07) is 10.8. The molecular formula is C19H26N2O. The molecule has 0 amide bonds. The van der Waals surface area contributed by atoms with Gasteiger partial charge in [0.25, 0.3) is 0 Å². The summed E-state index contributed by atoms with van der Waals surface area (Å²) in [5, 5.41) is 3.27. The molecule has 2 aromatic rings.